The van der Waals surface area contributed by atoms with Crippen molar-refractivity contribution in [2.75, 3.05) is 13.2 Å². The van der Waals surface area contributed by atoms with Crippen molar-refractivity contribution in [1.29, 1.82) is 0 Å². The Morgan fingerprint density at radius 2 is 1.21 bits per heavy atom. The van der Waals surface area contributed by atoms with Crippen LogP contribution in [0.2, 0.25) is 0 Å². The number of carbonyl (C=O) groups excluding carboxylic acids is 4. The Bertz CT molecular complexity index is 973. The fraction of sp³-hybridized carbons (Fsp3) is 0.435. The highest BCUT2D eigenvalue weighted by Crippen LogP contribution is 2.20. The molecule has 2 atom stereocenters. The van der Waals surface area contributed by atoms with Gasteiger partial charge in [-0.3, -0.25) is 9.59 Å². The molecule has 3 rings (SSSR count). The molecule has 3 heterocycles. The first kappa shape index (κ1) is 24.4. The number of hydrogen-bond acceptors (Lipinski definition) is 8. The molecule has 0 aromatic carbocycles. The van der Waals surface area contributed by atoms with Crippen LogP contribution in [0.1, 0.15) is 68.0 Å². The number of rotatable bonds is 2. The van der Waals surface area contributed by atoms with Crippen LogP contribution in [0.15, 0.2) is 30.3 Å². The smallest absolute Gasteiger partial charge is 0.348 e. The lowest BCUT2D eigenvalue weighted by atomic mass is 10.0. The highest BCUT2D eigenvalue weighted by atomic mass is 32.1. The molecule has 1 aliphatic heterocycles. The number of nitrogens with zero attached hydrogens (tertiary/aromatic N) is 1. The Kier molecular flexibility index (Phi) is 7.80. The normalized spacial score (nSPS) is 20.4. The van der Waals surface area contributed by atoms with Gasteiger partial charge in [-0.05, 0) is 36.1 Å². The number of thiophene rings is 1. The molecule has 0 spiro atoms. The summed E-state index contributed by atoms with van der Waals surface area (Å²) in [7, 11) is 0. The molecule has 2 amide bonds. The summed E-state index contributed by atoms with van der Waals surface area (Å²) in [5.41, 5.74) is 0.132. The van der Waals surface area contributed by atoms with Gasteiger partial charge < -0.3 is 20.1 Å². The Morgan fingerprint density at radius 1 is 0.788 bits per heavy atom. The van der Waals surface area contributed by atoms with Crippen LogP contribution in [0.25, 0.3) is 0 Å². The zero-order valence-corrected chi connectivity index (χ0v) is 19.7. The van der Waals surface area contributed by atoms with Crippen LogP contribution in [0.4, 0.5) is 0 Å². The largest absolute Gasteiger partial charge is 0.459 e. The van der Waals surface area contributed by atoms with E-state index in [1.54, 1.807) is 6.07 Å². The van der Waals surface area contributed by atoms with Crippen LogP contribution in [-0.4, -0.2) is 54.0 Å². The number of aromatic nitrogens is 1. The van der Waals surface area contributed by atoms with E-state index in [-0.39, 0.29) is 46.2 Å². The van der Waals surface area contributed by atoms with E-state index >= 15 is 0 Å². The molecule has 0 aliphatic carbocycles. The lowest BCUT2D eigenvalue weighted by Gasteiger charge is -2.23. The van der Waals surface area contributed by atoms with E-state index in [4.69, 9.17) is 9.47 Å². The van der Waals surface area contributed by atoms with Crippen molar-refractivity contribution in [2.24, 2.45) is 11.8 Å². The number of nitrogens with one attached hydrogen (secondary N) is 2. The van der Waals surface area contributed by atoms with E-state index < -0.39 is 35.8 Å². The van der Waals surface area contributed by atoms with E-state index in [2.05, 4.69) is 15.6 Å². The molecular weight excluding hydrogens is 446 g/mol. The van der Waals surface area contributed by atoms with Crippen molar-refractivity contribution in [2.45, 2.75) is 39.8 Å². The van der Waals surface area contributed by atoms with Crippen LogP contribution >= 0.6 is 11.3 Å². The molecule has 0 radical (unpaired) electrons. The Hall–Kier alpha value is -3.27. The zero-order valence-electron chi connectivity index (χ0n) is 18.9. The molecule has 0 unspecified atom stereocenters. The predicted molar refractivity (Wildman–Crippen MR) is 121 cm³/mol. The minimum Gasteiger partial charge on any atom is -0.459 e. The molecular formula is C23H27N3O6S. The third kappa shape index (κ3) is 6.16. The first-order chi connectivity index (χ1) is 15.7. The average Bonchev–Trinajstić information content (AvgIpc) is 3.28. The van der Waals surface area contributed by atoms with Gasteiger partial charge in [-0.25, -0.2) is 14.6 Å². The Labute approximate surface area is 195 Å². The van der Waals surface area contributed by atoms with Gasteiger partial charge in [-0.1, -0.05) is 33.8 Å². The molecule has 0 saturated heterocycles. The summed E-state index contributed by atoms with van der Waals surface area (Å²) in [6, 6.07) is 6.61. The fourth-order valence-corrected chi connectivity index (χ4v) is 3.80. The van der Waals surface area contributed by atoms with Crippen molar-refractivity contribution in [3.63, 3.8) is 0 Å². The molecule has 1 aliphatic rings. The second kappa shape index (κ2) is 10.6. The maximum Gasteiger partial charge on any atom is 0.348 e. The highest BCUT2D eigenvalue weighted by Gasteiger charge is 2.25. The first-order valence-electron chi connectivity index (χ1n) is 10.7. The van der Waals surface area contributed by atoms with Gasteiger partial charge >= 0.3 is 11.9 Å². The van der Waals surface area contributed by atoms with Crippen molar-refractivity contribution >= 4 is 35.1 Å². The maximum absolute atomic E-state index is 12.8. The second-order valence-corrected chi connectivity index (χ2v) is 9.50. The van der Waals surface area contributed by atoms with Crippen LogP contribution in [0.5, 0.6) is 0 Å². The zero-order chi connectivity index (χ0) is 24.1. The third-order valence-corrected chi connectivity index (χ3v) is 6.30. The summed E-state index contributed by atoms with van der Waals surface area (Å²) >= 11 is 0.965. The van der Waals surface area contributed by atoms with Crippen molar-refractivity contribution in [3.8, 4) is 0 Å². The molecule has 2 N–H and O–H groups in total. The molecule has 0 saturated carbocycles. The van der Waals surface area contributed by atoms with E-state index in [1.165, 1.54) is 24.3 Å². The fourth-order valence-electron chi connectivity index (χ4n) is 3.00. The first-order valence-corrected chi connectivity index (χ1v) is 11.5. The average molecular weight is 474 g/mol. The number of ether oxygens (including phenoxy) is 2. The van der Waals surface area contributed by atoms with Crippen molar-refractivity contribution < 1.29 is 28.7 Å². The molecule has 176 valence electrons. The van der Waals surface area contributed by atoms with Gasteiger partial charge in [0.05, 0.1) is 12.1 Å². The van der Waals surface area contributed by atoms with Crippen LogP contribution in [-0.2, 0) is 9.47 Å². The minimum absolute atomic E-state index is 0.0421. The predicted octanol–water partition coefficient (Wildman–Crippen LogP) is 2.68. The molecule has 2 aromatic heterocycles. The molecule has 10 heteroatoms. The number of amides is 2. The monoisotopic (exact) mass is 473 g/mol. The number of pyridine rings is 1. The topological polar surface area (TPSA) is 124 Å². The van der Waals surface area contributed by atoms with Gasteiger partial charge in [0.25, 0.3) is 11.8 Å². The molecule has 33 heavy (non-hydrogen) atoms. The van der Waals surface area contributed by atoms with Gasteiger partial charge in [0, 0.05) is 0 Å². The summed E-state index contributed by atoms with van der Waals surface area (Å²) in [6.45, 7) is 7.41. The SMILES string of the molecule is CC(C)[C@H]1COC(=O)c2ccc(s2)C(=O)OC[C@H](C(C)C)NC(=O)c2cccc(n2)C(=O)N1. The third-order valence-electron chi connectivity index (χ3n) is 5.25. The summed E-state index contributed by atoms with van der Waals surface area (Å²) in [6.07, 6.45) is 0. The minimum atomic E-state index is -0.590. The van der Waals surface area contributed by atoms with E-state index in [9.17, 15) is 19.2 Å². The van der Waals surface area contributed by atoms with Gasteiger partial charge in [0.15, 0.2) is 0 Å². The van der Waals surface area contributed by atoms with Crippen LogP contribution in [0.3, 0.4) is 0 Å². The van der Waals surface area contributed by atoms with E-state index in [1.807, 2.05) is 27.7 Å². The molecule has 2 aromatic rings. The van der Waals surface area contributed by atoms with Crippen molar-refractivity contribution in [1.82, 2.24) is 15.6 Å². The number of hydrogen-bond donors (Lipinski definition) is 2. The Balaban J connectivity index is 1.93. The van der Waals surface area contributed by atoms with Crippen molar-refractivity contribution in [3.05, 3.63) is 51.5 Å². The number of esters is 2. The maximum atomic E-state index is 12.8. The van der Waals surface area contributed by atoms with Crippen LogP contribution < -0.4 is 10.6 Å². The summed E-state index contributed by atoms with van der Waals surface area (Å²) < 4.78 is 10.8. The molecule has 0 fully saturated rings. The Morgan fingerprint density at radius 3 is 1.61 bits per heavy atom. The number of fused-ring (bicyclic) bond motifs is 4. The van der Waals surface area contributed by atoms with Gasteiger partial charge in [-0.15, -0.1) is 11.3 Å². The lowest BCUT2D eigenvalue weighted by Crippen LogP contribution is -2.43. The van der Waals surface area contributed by atoms with Gasteiger partial charge in [0.1, 0.15) is 34.4 Å². The molecule has 9 nitrogen and oxygen atoms in total. The molecule has 4 bridgehead atoms. The van der Waals surface area contributed by atoms with Gasteiger partial charge in [-0.2, -0.15) is 0 Å². The highest BCUT2D eigenvalue weighted by molar-refractivity contribution is 7.15. The van der Waals surface area contributed by atoms with E-state index in [0.717, 1.165) is 11.3 Å². The van der Waals surface area contributed by atoms with E-state index in [0.29, 0.717) is 0 Å². The standard InChI is InChI=1S/C23H27N3O6S/c1-12(2)16-10-31-22(29)18-8-9-19(33-18)23(30)32-11-17(13(3)4)26-21(28)15-7-5-6-14(24-15)20(27)25-16/h5-9,12-13,16-17H,10-11H2,1-4H3,(H,25,27)(H,26,28)/t16-,17-/m1/s1. The summed E-state index contributed by atoms with van der Waals surface area (Å²) in [4.78, 5) is 55.2. The quantitative estimate of drug-likeness (QED) is 0.643. The number of carbonyl (C=O) groups is 4. The van der Waals surface area contributed by atoms with Gasteiger partial charge in [0.2, 0.25) is 0 Å². The summed E-state index contributed by atoms with van der Waals surface area (Å²) in [5, 5.41) is 5.64. The summed E-state index contributed by atoms with van der Waals surface area (Å²) in [5.74, 6) is -2.22. The second-order valence-electron chi connectivity index (χ2n) is 8.42. The van der Waals surface area contributed by atoms with Crippen LogP contribution in [0, 0.1) is 11.8 Å². The number of cyclic esters (lactones) is 2. The lowest BCUT2D eigenvalue weighted by molar-refractivity contribution is 0.0434.